The molecular formula is C13H17N3O4S. The Morgan fingerprint density at radius 2 is 2.05 bits per heavy atom. The standard InChI is InChI=1S/C13H17N3O4S/c1-10(2)15(8-4-7-14)21(19,20)12-6-5-11(3)13(9-12)16(17)18/h5-6,9-10H,4,8H2,1-3H3. The summed E-state index contributed by atoms with van der Waals surface area (Å²) in [4.78, 5) is 10.2. The van der Waals surface area contributed by atoms with Crippen molar-refractivity contribution in [1.82, 2.24) is 4.31 Å². The highest BCUT2D eigenvalue weighted by Gasteiger charge is 2.28. The summed E-state index contributed by atoms with van der Waals surface area (Å²) in [6, 6.07) is 5.38. The van der Waals surface area contributed by atoms with Crippen LogP contribution in [-0.2, 0) is 10.0 Å². The number of nitrogens with zero attached hydrogens (tertiary/aromatic N) is 3. The number of nitriles is 1. The van der Waals surface area contributed by atoms with Crippen molar-refractivity contribution in [3.8, 4) is 6.07 Å². The van der Waals surface area contributed by atoms with Crippen molar-refractivity contribution in [3.63, 3.8) is 0 Å². The molecule has 0 aliphatic carbocycles. The molecule has 0 heterocycles. The first kappa shape index (κ1) is 17.1. The highest BCUT2D eigenvalue weighted by molar-refractivity contribution is 7.89. The first-order valence-electron chi connectivity index (χ1n) is 6.35. The summed E-state index contributed by atoms with van der Waals surface area (Å²) >= 11 is 0. The Balaban J connectivity index is 3.32. The SMILES string of the molecule is Cc1ccc(S(=O)(=O)N(CCC#N)C(C)C)cc1[N+](=O)[O-]. The Bertz CT molecular complexity index is 677. The highest BCUT2D eigenvalue weighted by Crippen LogP contribution is 2.25. The summed E-state index contributed by atoms with van der Waals surface area (Å²) in [5.41, 5.74) is 0.159. The van der Waals surface area contributed by atoms with Crippen molar-refractivity contribution in [1.29, 1.82) is 5.26 Å². The van der Waals surface area contributed by atoms with Crippen LogP contribution in [0.15, 0.2) is 23.1 Å². The maximum atomic E-state index is 12.6. The molecular weight excluding hydrogens is 294 g/mol. The Morgan fingerprint density at radius 3 is 2.52 bits per heavy atom. The van der Waals surface area contributed by atoms with E-state index in [4.69, 9.17) is 5.26 Å². The minimum atomic E-state index is -3.87. The van der Waals surface area contributed by atoms with Crippen LogP contribution in [-0.4, -0.2) is 30.2 Å². The fraction of sp³-hybridized carbons (Fsp3) is 0.462. The summed E-state index contributed by atoms with van der Waals surface area (Å²) in [7, 11) is -3.87. The highest BCUT2D eigenvalue weighted by atomic mass is 32.2. The van der Waals surface area contributed by atoms with Crippen LogP contribution < -0.4 is 0 Å². The Labute approximate surface area is 124 Å². The predicted molar refractivity (Wildman–Crippen MR) is 77.1 cm³/mol. The lowest BCUT2D eigenvalue weighted by Crippen LogP contribution is -2.37. The molecule has 1 aromatic rings. The Morgan fingerprint density at radius 1 is 1.43 bits per heavy atom. The van der Waals surface area contributed by atoms with Gasteiger partial charge in [0.2, 0.25) is 10.0 Å². The van der Waals surface area contributed by atoms with E-state index in [1.54, 1.807) is 20.8 Å². The van der Waals surface area contributed by atoms with E-state index in [1.165, 1.54) is 16.4 Å². The molecule has 0 bridgehead atoms. The third-order valence-corrected chi connectivity index (χ3v) is 5.08. The number of rotatable bonds is 6. The van der Waals surface area contributed by atoms with Gasteiger partial charge in [0, 0.05) is 30.6 Å². The smallest absolute Gasteiger partial charge is 0.258 e. The maximum absolute atomic E-state index is 12.6. The van der Waals surface area contributed by atoms with Gasteiger partial charge in [0.05, 0.1) is 15.9 Å². The topological polar surface area (TPSA) is 104 Å². The van der Waals surface area contributed by atoms with Crippen LogP contribution >= 0.6 is 0 Å². The minimum absolute atomic E-state index is 0.0537. The summed E-state index contributed by atoms with van der Waals surface area (Å²) in [5, 5.41) is 19.6. The fourth-order valence-corrected chi connectivity index (χ4v) is 3.56. The van der Waals surface area contributed by atoms with E-state index in [0.29, 0.717) is 5.56 Å². The number of hydrogen-bond acceptors (Lipinski definition) is 5. The fourth-order valence-electron chi connectivity index (χ4n) is 1.90. The zero-order valence-electron chi connectivity index (χ0n) is 12.1. The van der Waals surface area contributed by atoms with Crippen LogP contribution in [0.25, 0.3) is 0 Å². The first-order chi connectivity index (χ1) is 9.71. The molecule has 21 heavy (non-hydrogen) atoms. The molecule has 0 aliphatic heterocycles. The van der Waals surface area contributed by atoms with Gasteiger partial charge < -0.3 is 0 Å². The van der Waals surface area contributed by atoms with Crippen LogP contribution in [0.4, 0.5) is 5.69 Å². The van der Waals surface area contributed by atoms with E-state index in [9.17, 15) is 18.5 Å². The van der Waals surface area contributed by atoms with Crippen molar-refractivity contribution in [2.75, 3.05) is 6.54 Å². The van der Waals surface area contributed by atoms with Gasteiger partial charge in [0.25, 0.3) is 5.69 Å². The van der Waals surface area contributed by atoms with E-state index in [0.717, 1.165) is 6.07 Å². The molecule has 8 heteroatoms. The second-order valence-electron chi connectivity index (χ2n) is 4.82. The van der Waals surface area contributed by atoms with Crippen LogP contribution in [0, 0.1) is 28.4 Å². The molecule has 1 rings (SSSR count). The molecule has 0 fully saturated rings. The van der Waals surface area contributed by atoms with Gasteiger partial charge in [-0.3, -0.25) is 10.1 Å². The molecule has 0 radical (unpaired) electrons. The first-order valence-corrected chi connectivity index (χ1v) is 7.79. The summed E-state index contributed by atoms with van der Waals surface area (Å²) in [6.07, 6.45) is 0.0609. The molecule has 0 saturated carbocycles. The molecule has 0 aliphatic rings. The largest absolute Gasteiger partial charge is 0.273 e. The zero-order valence-corrected chi connectivity index (χ0v) is 12.9. The van der Waals surface area contributed by atoms with E-state index in [2.05, 4.69) is 0 Å². The summed E-state index contributed by atoms with van der Waals surface area (Å²) < 4.78 is 26.3. The van der Waals surface area contributed by atoms with Crippen LogP contribution in [0.2, 0.25) is 0 Å². The number of sulfonamides is 1. The molecule has 0 atom stereocenters. The van der Waals surface area contributed by atoms with Crippen molar-refractivity contribution in [3.05, 3.63) is 33.9 Å². The number of aryl methyl sites for hydroxylation is 1. The second-order valence-corrected chi connectivity index (χ2v) is 6.71. The molecule has 0 spiro atoms. The van der Waals surface area contributed by atoms with Crippen molar-refractivity contribution < 1.29 is 13.3 Å². The molecule has 0 N–H and O–H groups in total. The average molecular weight is 311 g/mol. The molecule has 0 aromatic heterocycles. The molecule has 7 nitrogen and oxygen atoms in total. The van der Waals surface area contributed by atoms with Crippen molar-refractivity contribution in [2.45, 2.75) is 38.1 Å². The molecule has 0 amide bonds. The van der Waals surface area contributed by atoms with Gasteiger partial charge in [-0.15, -0.1) is 0 Å². The summed E-state index contributed by atoms with van der Waals surface area (Å²) in [6.45, 7) is 4.98. The van der Waals surface area contributed by atoms with E-state index in [-0.39, 0.29) is 29.6 Å². The molecule has 114 valence electrons. The van der Waals surface area contributed by atoms with Gasteiger partial charge in [0.15, 0.2) is 0 Å². The van der Waals surface area contributed by atoms with Gasteiger partial charge in [-0.2, -0.15) is 9.57 Å². The zero-order chi connectivity index (χ0) is 16.2. The normalized spacial score (nSPS) is 11.6. The number of hydrogen-bond donors (Lipinski definition) is 0. The van der Waals surface area contributed by atoms with Gasteiger partial charge in [-0.05, 0) is 26.8 Å². The predicted octanol–water partition coefficient (Wildman–Crippen LogP) is 2.22. The van der Waals surface area contributed by atoms with Crippen LogP contribution in [0.5, 0.6) is 0 Å². The number of benzene rings is 1. The third-order valence-electron chi connectivity index (χ3n) is 3.00. The Kier molecular flexibility index (Phi) is 5.41. The van der Waals surface area contributed by atoms with Gasteiger partial charge in [-0.1, -0.05) is 6.07 Å². The summed E-state index contributed by atoms with van der Waals surface area (Å²) in [5.74, 6) is 0. The van der Waals surface area contributed by atoms with E-state index in [1.807, 2.05) is 6.07 Å². The van der Waals surface area contributed by atoms with Crippen molar-refractivity contribution in [2.24, 2.45) is 0 Å². The molecule has 0 unspecified atom stereocenters. The molecule has 1 aromatic carbocycles. The van der Waals surface area contributed by atoms with Gasteiger partial charge >= 0.3 is 0 Å². The lowest BCUT2D eigenvalue weighted by molar-refractivity contribution is -0.385. The number of nitro benzene ring substituents is 1. The quantitative estimate of drug-likeness (QED) is 0.591. The minimum Gasteiger partial charge on any atom is -0.258 e. The lowest BCUT2D eigenvalue weighted by Gasteiger charge is -2.24. The van der Waals surface area contributed by atoms with E-state index >= 15 is 0 Å². The average Bonchev–Trinajstić information content (AvgIpc) is 2.38. The monoisotopic (exact) mass is 311 g/mol. The lowest BCUT2D eigenvalue weighted by atomic mass is 10.2. The van der Waals surface area contributed by atoms with Crippen LogP contribution in [0.1, 0.15) is 25.8 Å². The van der Waals surface area contributed by atoms with Gasteiger partial charge in [0.1, 0.15) is 0 Å². The van der Waals surface area contributed by atoms with Crippen molar-refractivity contribution >= 4 is 15.7 Å². The molecule has 0 saturated heterocycles. The third kappa shape index (κ3) is 3.77. The maximum Gasteiger partial charge on any atom is 0.273 e. The van der Waals surface area contributed by atoms with Gasteiger partial charge in [-0.25, -0.2) is 8.42 Å². The Hall–Kier alpha value is -1.98. The number of nitro groups is 1. The van der Waals surface area contributed by atoms with Crippen LogP contribution in [0.3, 0.4) is 0 Å². The second kappa shape index (κ2) is 6.65. The van der Waals surface area contributed by atoms with E-state index < -0.39 is 14.9 Å².